The van der Waals surface area contributed by atoms with Crippen LogP contribution in [0.25, 0.3) is 22.9 Å². The molecule has 0 amide bonds. The molecule has 11 rings (SSSR count). The number of H-pyrrole nitrogens is 1. The lowest BCUT2D eigenvalue weighted by molar-refractivity contribution is -0.191. The minimum absolute atomic E-state index is 0.0142. The van der Waals surface area contributed by atoms with Crippen molar-refractivity contribution in [3.05, 3.63) is 131 Å². The smallest absolute Gasteiger partial charge is 0.169 e. The maximum absolute atomic E-state index is 12.5. The Hall–Kier alpha value is -5.55. The Morgan fingerprint density at radius 1 is 0.797 bits per heavy atom. The minimum atomic E-state index is -0.562. The lowest BCUT2D eigenvalue weighted by Gasteiger charge is -2.72. The van der Waals surface area contributed by atoms with Crippen molar-refractivity contribution in [2.45, 2.75) is 101 Å². The highest BCUT2D eigenvalue weighted by Crippen LogP contribution is 2.77. The summed E-state index contributed by atoms with van der Waals surface area (Å²) in [6.07, 6.45) is 25.8. The summed E-state index contributed by atoms with van der Waals surface area (Å²) in [5.74, 6) is -0.0660. The van der Waals surface area contributed by atoms with Crippen LogP contribution in [0, 0.1) is 34.5 Å². The van der Waals surface area contributed by atoms with Crippen LogP contribution in [-0.2, 0) is 18.3 Å². The average molecular weight is 862 g/mol. The van der Waals surface area contributed by atoms with E-state index in [-0.39, 0.29) is 75.5 Å². The van der Waals surface area contributed by atoms with Gasteiger partial charge in [-0.1, -0.05) is 91.3 Å². The largest absolute Gasteiger partial charge is 0.507 e. The van der Waals surface area contributed by atoms with Gasteiger partial charge in [0.25, 0.3) is 0 Å². The molecular weight excluding hydrogens is 803 g/mol. The van der Waals surface area contributed by atoms with Crippen LogP contribution in [0.4, 0.5) is 0 Å². The number of benzene rings is 4. The molecule has 0 saturated heterocycles. The second-order valence-corrected chi connectivity index (χ2v) is 20.0. The van der Waals surface area contributed by atoms with Crippen molar-refractivity contribution in [3.63, 3.8) is 0 Å². The number of aromatic hydroxyl groups is 5. The van der Waals surface area contributed by atoms with Crippen molar-refractivity contribution in [2.75, 3.05) is 6.61 Å². The standard InChI is InChI=1S/C54H59N3O7/c58-25-20-34-27-41(57-51-40(34)28-36-5-3-22-53(36)24-23-52-21-2-4-35(52)15-19-44(61)50(52)54(51,53)46-29-55-30-56-46)33-13-8-31(9-14-33)10-17-39-37(16-11-32-12-18-42(59)45(62)26-32)38-6-1-7-43(60)47(38)49(64)48(39)63/h1,6-9,11-16,18-19,26-27,29-30,35-36,40-41,44,50-51,57-64H,2-5,10,17,20-25,28H2,(H,55,56). The molecule has 10 unspecified atom stereocenters. The number of hydrogen-bond acceptors (Lipinski definition) is 9. The zero-order valence-corrected chi connectivity index (χ0v) is 36.1. The molecule has 5 aliphatic carbocycles. The summed E-state index contributed by atoms with van der Waals surface area (Å²) < 4.78 is 0. The summed E-state index contributed by atoms with van der Waals surface area (Å²) in [5, 5.41) is 81.6. The molecule has 4 aromatic carbocycles. The first-order valence-electron chi connectivity index (χ1n) is 23.5. The SMILES string of the molecule is OCCC1=CC(c2ccc(CCc3c(O)c(O)c4c(O)cccc4c3C=Cc3ccc(O)c(O)c3)cc2)NC2C1CC1CCCC13CCC14CCCC1C=CC(O)C4C23c1cnc[nH]1. The van der Waals surface area contributed by atoms with Crippen molar-refractivity contribution in [3.8, 4) is 28.7 Å². The topological polar surface area (TPSA) is 182 Å². The predicted octanol–water partition coefficient (Wildman–Crippen LogP) is 9.24. The van der Waals surface area contributed by atoms with Gasteiger partial charge in [0, 0.05) is 41.4 Å². The highest BCUT2D eigenvalue weighted by atomic mass is 16.3. The molecule has 2 spiro atoms. The molecule has 2 heterocycles. The second kappa shape index (κ2) is 15.6. The Morgan fingerprint density at radius 3 is 2.44 bits per heavy atom. The molecule has 0 bridgehead atoms. The summed E-state index contributed by atoms with van der Waals surface area (Å²) in [5.41, 5.74) is 6.05. The Kier molecular flexibility index (Phi) is 10.0. The number of rotatable bonds is 9. The van der Waals surface area contributed by atoms with Crippen molar-refractivity contribution < 1.29 is 35.7 Å². The average Bonchev–Trinajstić information content (AvgIpc) is 4.09. The van der Waals surface area contributed by atoms with Crippen LogP contribution in [0.3, 0.4) is 0 Å². The van der Waals surface area contributed by atoms with Gasteiger partial charge in [-0.3, -0.25) is 0 Å². The second-order valence-electron chi connectivity index (χ2n) is 20.0. The monoisotopic (exact) mass is 861 g/mol. The Bertz CT molecular complexity index is 2690. The Balaban J connectivity index is 0.949. The molecule has 10 nitrogen and oxygen atoms in total. The number of imidazole rings is 1. The van der Waals surface area contributed by atoms with Gasteiger partial charge in [0.15, 0.2) is 23.0 Å². The lowest BCUT2D eigenvalue weighted by Crippen LogP contribution is -2.76. The van der Waals surface area contributed by atoms with Gasteiger partial charge in [-0.05, 0) is 139 Å². The zero-order valence-electron chi connectivity index (χ0n) is 36.1. The van der Waals surface area contributed by atoms with Crippen LogP contribution >= 0.6 is 0 Å². The number of phenols is 5. The van der Waals surface area contributed by atoms with E-state index in [1.807, 2.05) is 6.33 Å². The zero-order chi connectivity index (χ0) is 44.0. The van der Waals surface area contributed by atoms with Crippen LogP contribution in [0.1, 0.15) is 104 Å². The van der Waals surface area contributed by atoms with Gasteiger partial charge in [-0.25, -0.2) is 4.98 Å². The fourth-order valence-corrected chi connectivity index (χ4v) is 15.1. The summed E-state index contributed by atoms with van der Waals surface area (Å²) in [6, 6.07) is 18.0. The molecule has 64 heavy (non-hydrogen) atoms. The lowest BCUT2D eigenvalue weighted by atomic mass is 9.33. The number of hydrogen-bond donors (Lipinski definition) is 9. The summed E-state index contributed by atoms with van der Waals surface area (Å²) >= 11 is 0. The van der Waals surface area contributed by atoms with Crippen LogP contribution < -0.4 is 5.32 Å². The number of aliphatic hydroxyl groups is 2. The van der Waals surface area contributed by atoms with E-state index >= 15 is 0 Å². The molecule has 0 radical (unpaired) electrons. The predicted molar refractivity (Wildman–Crippen MR) is 247 cm³/mol. The van der Waals surface area contributed by atoms with Crippen molar-refractivity contribution in [1.82, 2.24) is 15.3 Å². The minimum Gasteiger partial charge on any atom is -0.507 e. The van der Waals surface area contributed by atoms with Crippen molar-refractivity contribution in [2.24, 2.45) is 34.5 Å². The van der Waals surface area contributed by atoms with Crippen LogP contribution in [0.5, 0.6) is 28.7 Å². The number of aliphatic hydroxyl groups excluding tert-OH is 2. The van der Waals surface area contributed by atoms with Gasteiger partial charge in [-0.2, -0.15) is 0 Å². The van der Waals surface area contributed by atoms with Gasteiger partial charge >= 0.3 is 0 Å². The number of aromatic nitrogens is 2. The summed E-state index contributed by atoms with van der Waals surface area (Å²) in [7, 11) is 0. The van der Waals surface area contributed by atoms with Gasteiger partial charge in [0.2, 0.25) is 0 Å². The first kappa shape index (κ1) is 41.2. The van der Waals surface area contributed by atoms with E-state index in [2.05, 4.69) is 59.0 Å². The summed E-state index contributed by atoms with van der Waals surface area (Å²) in [6.45, 7) is 0.0831. The molecule has 4 saturated carbocycles. The van der Waals surface area contributed by atoms with E-state index < -0.39 is 11.5 Å². The fraction of sp³-hybridized carbons (Fsp3) is 0.426. The van der Waals surface area contributed by atoms with Gasteiger partial charge in [0.05, 0.1) is 23.9 Å². The van der Waals surface area contributed by atoms with E-state index in [1.165, 1.54) is 55.1 Å². The highest BCUT2D eigenvalue weighted by Gasteiger charge is 2.76. The number of nitrogens with one attached hydrogen (secondary N) is 2. The molecule has 332 valence electrons. The maximum Gasteiger partial charge on any atom is 0.169 e. The molecule has 10 atom stereocenters. The fourth-order valence-electron chi connectivity index (χ4n) is 15.1. The van der Waals surface area contributed by atoms with Crippen molar-refractivity contribution in [1.29, 1.82) is 0 Å². The van der Waals surface area contributed by atoms with Gasteiger partial charge < -0.3 is 46.0 Å². The van der Waals surface area contributed by atoms with Gasteiger partial charge in [-0.15, -0.1) is 0 Å². The van der Waals surface area contributed by atoms with E-state index in [1.54, 1.807) is 30.4 Å². The number of nitrogens with zero attached hydrogens (tertiary/aromatic N) is 1. The number of phenolic OH excluding ortho intramolecular Hbond substituents is 5. The van der Waals surface area contributed by atoms with E-state index in [0.717, 1.165) is 43.2 Å². The normalized spacial score (nSPS) is 32.8. The molecule has 10 heteroatoms. The molecule has 1 aliphatic heterocycles. The number of fused-ring (bicyclic) bond motifs is 4. The third-order valence-electron chi connectivity index (χ3n) is 17.5. The highest BCUT2D eigenvalue weighted by molar-refractivity contribution is 6.03. The molecule has 1 aromatic heterocycles. The van der Waals surface area contributed by atoms with E-state index in [0.29, 0.717) is 53.2 Å². The molecule has 4 fully saturated rings. The number of aryl methyl sites for hydroxylation is 1. The van der Waals surface area contributed by atoms with Crippen LogP contribution in [0.2, 0.25) is 0 Å². The number of allylic oxidation sites excluding steroid dienone is 1. The van der Waals surface area contributed by atoms with E-state index in [4.69, 9.17) is 4.98 Å². The van der Waals surface area contributed by atoms with E-state index in [9.17, 15) is 35.7 Å². The Labute approximate surface area is 373 Å². The van der Waals surface area contributed by atoms with Crippen molar-refractivity contribution >= 4 is 22.9 Å². The molecule has 9 N–H and O–H groups in total. The third kappa shape index (κ3) is 5.97. The molecular formula is C54H59N3O7. The first-order valence-corrected chi connectivity index (χ1v) is 23.5. The quantitative estimate of drug-likeness (QED) is 0.0396. The molecule has 5 aromatic rings. The number of aromatic amines is 1. The molecule has 6 aliphatic rings. The third-order valence-corrected chi connectivity index (χ3v) is 17.5. The van der Waals surface area contributed by atoms with Crippen LogP contribution in [0.15, 0.2) is 97.0 Å². The first-order chi connectivity index (χ1) is 31.1. The summed E-state index contributed by atoms with van der Waals surface area (Å²) in [4.78, 5) is 8.45. The van der Waals surface area contributed by atoms with Crippen LogP contribution in [-0.4, -0.2) is 64.5 Å². The maximum atomic E-state index is 12.5. The van der Waals surface area contributed by atoms with Gasteiger partial charge in [0.1, 0.15) is 5.75 Å². The Morgan fingerprint density at radius 2 is 1.64 bits per heavy atom.